The van der Waals surface area contributed by atoms with Crippen LogP contribution >= 0.6 is 0 Å². The number of fused-ring (bicyclic) bond motifs is 1. The minimum atomic E-state index is -4.98. The molecule has 0 spiro atoms. The van der Waals surface area contributed by atoms with Gasteiger partial charge in [0.1, 0.15) is 5.82 Å². The Labute approximate surface area is 239 Å². The molecule has 3 heterocycles. The fourth-order valence-electron chi connectivity index (χ4n) is 6.61. The van der Waals surface area contributed by atoms with E-state index in [-0.39, 0.29) is 35.4 Å². The number of halogens is 7. The second kappa shape index (κ2) is 11.8. The molecule has 1 N–H and O–H groups in total. The number of carbonyl (C=O) groups excluding carboxylic acids is 1. The van der Waals surface area contributed by atoms with E-state index >= 15 is 0 Å². The van der Waals surface area contributed by atoms with E-state index in [1.807, 2.05) is 0 Å². The maximum atomic E-state index is 13.8. The number of rotatable bonds is 5. The molecule has 3 saturated heterocycles. The zero-order valence-electron chi connectivity index (χ0n) is 23.0. The number of hydrogen-bond acceptors (Lipinski definition) is 4. The van der Waals surface area contributed by atoms with E-state index < -0.39 is 47.6 Å². The van der Waals surface area contributed by atoms with Crippen LogP contribution in [0.1, 0.15) is 66.9 Å². The third-order valence-electron chi connectivity index (χ3n) is 8.83. The van der Waals surface area contributed by atoms with E-state index in [1.54, 1.807) is 17.0 Å². The predicted molar refractivity (Wildman–Crippen MR) is 139 cm³/mol. The van der Waals surface area contributed by atoms with Crippen LogP contribution in [0.25, 0.3) is 0 Å². The molecule has 42 heavy (non-hydrogen) atoms. The van der Waals surface area contributed by atoms with Crippen LogP contribution < -0.4 is 0 Å². The molecule has 2 aromatic carbocycles. The summed E-state index contributed by atoms with van der Waals surface area (Å²) in [6.07, 6.45) is -10.00. The molecule has 0 aliphatic carbocycles. The average molecular weight is 603 g/mol. The van der Waals surface area contributed by atoms with Crippen LogP contribution in [-0.4, -0.2) is 65.2 Å². The minimum Gasteiger partial charge on any atom is -0.393 e. The molecule has 0 bridgehead atoms. The second-order valence-corrected chi connectivity index (χ2v) is 11.6. The van der Waals surface area contributed by atoms with Gasteiger partial charge < -0.3 is 14.7 Å². The van der Waals surface area contributed by atoms with E-state index in [2.05, 4.69) is 4.90 Å². The molecule has 3 aliphatic heterocycles. The molecule has 5 atom stereocenters. The van der Waals surface area contributed by atoms with Gasteiger partial charge in [0, 0.05) is 37.5 Å². The number of amides is 1. The summed E-state index contributed by atoms with van der Waals surface area (Å²) in [7, 11) is 0. The third-order valence-corrected chi connectivity index (χ3v) is 8.83. The lowest BCUT2D eigenvalue weighted by atomic mass is 9.81. The van der Waals surface area contributed by atoms with Crippen molar-refractivity contribution in [2.75, 3.05) is 26.2 Å². The number of likely N-dealkylation sites (tertiary alicyclic amines) is 1. The van der Waals surface area contributed by atoms with Crippen molar-refractivity contribution in [3.8, 4) is 0 Å². The summed E-state index contributed by atoms with van der Waals surface area (Å²) in [6, 6.07) is 7.06. The van der Waals surface area contributed by atoms with E-state index in [9.17, 15) is 40.6 Å². The standard InChI is InChI=1S/C30H33F7N2O3/c1-17(20-12-21(29(32,33)34)15-22(13-20)30(35,36)37)42-26-16-39-9-6-19(28(41)38-10-7-24(40)8-11-38)14-25(39)27(26)18-2-4-23(31)5-3-18/h2-5,12-13,15,17,19,24-27,40H,6-11,14,16H2,1H3/t17-,19?,25?,26+,27?/m1/s1. The van der Waals surface area contributed by atoms with Crippen LogP contribution in [0, 0.1) is 11.7 Å². The maximum absolute atomic E-state index is 13.8. The van der Waals surface area contributed by atoms with Gasteiger partial charge in [-0.15, -0.1) is 0 Å². The van der Waals surface area contributed by atoms with Crippen molar-refractivity contribution >= 4 is 5.91 Å². The first-order chi connectivity index (χ1) is 19.7. The SMILES string of the molecule is C[C@@H](O[C@H]1CN2CCC(C(=O)N3CCC(O)CC3)CC2C1c1ccc(F)cc1)c1cc(C(F)(F)F)cc(C(F)(F)F)c1. The highest BCUT2D eigenvalue weighted by Crippen LogP contribution is 2.45. The van der Waals surface area contributed by atoms with Crippen molar-refractivity contribution in [2.45, 2.75) is 75.2 Å². The lowest BCUT2D eigenvalue weighted by Gasteiger charge is -2.39. The summed E-state index contributed by atoms with van der Waals surface area (Å²) in [4.78, 5) is 17.3. The van der Waals surface area contributed by atoms with Gasteiger partial charge in [-0.05, 0) is 80.6 Å². The summed E-state index contributed by atoms with van der Waals surface area (Å²) >= 11 is 0. The lowest BCUT2D eigenvalue weighted by molar-refractivity contribution is -0.143. The largest absolute Gasteiger partial charge is 0.416 e. The highest BCUT2D eigenvalue weighted by Gasteiger charge is 2.48. The van der Waals surface area contributed by atoms with Gasteiger partial charge in [0.15, 0.2) is 0 Å². The molecule has 0 radical (unpaired) electrons. The fraction of sp³-hybridized carbons (Fsp3) is 0.567. The Morgan fingerprint density at radius 3 is 2.10 bits per heavy atom. The molecule has 3 fully saturated rings. The van der Waals surface area contributed by atoms with Crippen LogP contribution in [0.5, 0.6) is 0 Å². The summed E-state index contributed by atoms with van der Waals surface area (Å²) in [5, 5.41) is 9.82. The van der Waals surface area contributed by atoms with Gasteiger partial charge in [-0.3, -0.25) is 9.69 Å². The predicted octanol–water partition coefficient (Wildman–Crippen LogP) is 6.17. The number of piperidine rings is 2. The Balaban J connectivity index is 1.40. The van der Waals surface area contributed by atoms with Crippen molar-refractivity contribution in [1.82, 2.24) is 9.80 Å². The molecule has 0 saturated carbocycles. The normalized spacial score (nSPS) is 26.7. The van der Waals surface area contributed by atoms with Crippen LogP contribution in [0.15, 0.2) is 42.5 Å². The first-order valence-electron chi connectivity index (χ1n) is 14.1. The van der Waals surface area contributed by atoms with Crippen LogP contribution in [0.3, 0.4) is 0 Å². The zero-order chi connectivity index (χ0) is 30.4. The molecule has 3 unspecified atom stereocenters. The van der Waals surface area contributed by atoms with E-state index in [0.717, 1.165) is 5.56 Å². The maximum Gasteiger partial charge on any atom is 0.416 e. The molecule has 3 aliphatic rings. The number of carbonyl (C=O) groups is 1. The Morgan fingerprint density at radius 2 is 1.52 bits per heavy atom. The second-order valence-electron chi connectivity index (χ2n) is 11.6. The average Bonchev–Trinajstić information content (AvgIpc) is 3.29. The Hall–Kier alpha value is -2.70. The molecule has 230 valence electrons. The number of nitrogens with zero attached hydrogens (tertiary/aromatic N) is 2. The van der Waals surface area contributed by atoms with E-state index in [4.69, 9.17) is 4.74 Å². The van der Waals surface area contributed by atoms with Gasteiger partial charge in [-0.1, -0.05) is 12.1 Å². The molecule has 5 nitrogen and oxygen atoms in total. The van der Waals surface area contributed by atoms with Gasteiger partial charge in [-0.25, -0.2) is 4.39 Å². The zero-order valence-corrected chi connectivity index (χ0v) is 23.0. The van der Waals surface area contributed by atoms with Gasteiger partial charge in [0.05, 0.1) is 29.4 Å². The van der Waals surface area contributed by atoms with Gasteiger partial charge in [-0.2, -0.15) is 26.3 Å². The lowest BCUT2D eigenvalue weighted by Crippen LogP contribution is -2.48. The monoisotopic (exact) mass is 602 g/mol. The van der Waals surface area contributed by atoms with Crippen molar-refractivity contribution in [3.05, 3.63) is 70.5 Å². The number of ether oxygens (including phenoxy) is 1. The van der Waals surface area contributed by atoms with Crippen molar-refractivity contribution in [1.29, 1.82) is 0 Å². The topological polar surface area (TPSA) is 53.0 Å². The molecule has 12 heteroatoms. The Kier molecular flexibility index (Phi) is 8.61. The smallest absolute Gasteiger partial charge is 0.393 e. The van der Waals surface area contributed by atoms with Gasteiger partial charge >= 0.3 is 12.4 Å². The number of benzene rings is 2. The van der Waals surface area contributed by atoms with Gasteiger partial charge in [0.25, 0.3) is 0 Å². The summed E-state index contributed by atoms with van der Waals surface area (Å²) in [5.41, 5.74) is -2.35. The first-order valence-corrected chi connectivity index (χ1v) is 14.1. The highest BCUT2D eigenvalue weighted by molar-refractivity contribution is 5.79. The van der Waals surface area contributed by atoms with Crippen LogP contribution in [0.2, 0.25) is 0 Å². The van der Waals surface area contributed by atoms with E-state index in [0.29, 0.717) is 64.0 Å². The van der Waals surface area contributed by atoms with E-state index in [1.165, 1.54) is 19.1 Å². The molecular weight excluding hydrogens is 569 g/mol. The summed E-state index contributed by atoms with van der Waals surface area (Å²) in [5.74, 6) is -1.11. The fourth-order valence-corrected chi connectivity index (χ4v) is 6.61. The Morgan fingerprint density at radius 1 is 0.929 bits per heavy atom. The molecular formula is C30H33F7N2O3. The van der Waals surface area contributed by atoms with Crippen LogP contribution in [0.4, 0.5) is 30.7 Å². The third kappa shape index (κ3) is 6.60. The first kappa shape index (κ1) is 30.7. The summed E-state index contributed by atoms with van der Waals surface area (Å²) < 4.78 is 101. The molecule has 2 aromatic rings. The van der Waals surface area contributed by atoms with Crippen molar-refractivity contribution in [2.24, 2.45) is 5.92 Å². The van der Waals surface area contributed by atoms with Crippen molar-refractivity contribution < 1.29 is 45.4 Å². The van der Waals surface area contributed by atoms with Gasteiger partial charge in [0.2, 0.25) is 5.91 Å². The number of hydrogen-bond donors (Lipinski definition) is 1. The number of aliphatic hydroxyl groups is 1. The molecule has 1 amide bonds. The summed E-state index contributed by atoms with van der Waals surface area (Å²) in [6.45, 7) is 3.30. The quantitative estimate of drug-likeness (QED) is 0.416. The Bertz CT molecular complexity index is 1230. The molecule has 0 aromatic heterocycles. The van der Waals surface area contributed by atoms with Crippen molar-refractivity contribution in [3.63, 3.8) is 0 Å². The molecule has 5 rings (SSSR count). The highest BCUT2D eigenvalue weighted by atomic mass is 19.4. The minimum absolute atomic E-state index is 0.0146. The number of aliphatic hydroxyl groups excluding tert-OH is 1. The number of alkyl halides is 6. The van der Waals surface area contributed by atoms with Crippen LogP contribution in [-0.2, 0) is 21.9 Å².